The Hall–Kier alpha value is -1.00. The van der Waals surface area contributed by atoms with Gasteiger partial charge in [0.1, 0.15) is 0 Å². The van der Waals surface area contributed by atoms with Crippen LogP contribution in [0.2, 0.25) is 0 Å². The van der Waals surface area contributed by atoms with Gasteiger partial charge < -0.3 is 10.5 Å². The van der Waals surface area contributed by atoms with Crippen LogP contribution in [-0.4, -0.2) is 12.7 Å². The molecule has 0 amide bonds. The van der Waals surface area contributed by atoms with Gasteiger partial charge in [-0.1, -0.05) is 6.07 Å². The summed E-state index contributed by atoms with van der Waals surface area (Å²) in [7, 11) is 1.64. The largest absolute Gasteiger partial charge is 0.379 e. The number of rotatable bonds is 5. The minimum atomic E-state index is -0.857. The molecule has 0 aliphatic heterocycles. The van der Waals surface area contributed by atoms with Crippen molar-refractivity contribution >= 4 is 0 Å². The number of hydrogen-bond donors (Lipinski definition) is 1. The smallest absolute Gasteiger partial charge is 0.159 e. The molecule has 1 atom stereocenters. The summed E-state index contributed by atoms with van der Waals surface area (Å²) in [6.45, 7) is 3.93. The summed E-state index contributed by atoms with van der Waals surface area (Å²) < 4.78 is 31.1. The van der Waals surface area contributed by atoms with Crippen molar-refractivity contribution in [1.29, 1.82) is 0 Å². The Morgan fingerprint density at radius 3 is 2.47 bits per heavy atom. The summed E-state index contributed by atoms with van der Waals surface area (Å²) in [4.78, 5) is 0. The first-order chi connectivity index (χ1) is 7.85. The first kappa shape index (κ1) is 14.1. The van der Waals surface area contributed by atoms with Crippen molar-refractivity contribution < 1.29 is 13.5 Å². The summed E-state index contributed by atoms with van der Waals surface area (Å²) in [5.41, 5.74) is 6.28. The second kappa shape index (κ2) is 5.56. The third-order valence-corrected chi connectivity index (χ3v) is 2.98. The molecule has 0 fully saturated rings. The van der Waals surface area contributed by atoms with Crippen LogP contribution in [0.4, 0.5) is 8.78 Å². The molecule has 0 aromatic heterocycles. The summed E-state index contributed by atoms with van der Waals surface area (Å²) in [5, 5.41) is 0. The van der Waals surface area contributed by atoms with Crippen LogP contribution in [0, 0.1) is 11.6 Å². The zero-order valence-electron chi connectivity index (χ0n) is 10.5. The molecule has 0 spiro atoms. The van der Waals surface area contributed by atoms with Crippen LogP contribution in [0.15, 0.2) is 18.2 Å². The molecule has 1 unspecified atom stereocenters. The van der Waals surface area contributed by atoms with Gasteiger partial charge in [0, 0.05) is 13.2 Å². The number of nitrogens with two attached hydrogens (primary N) is 1. The molecule has 0 aliphatic rings. The lowest BCUT2D eigenvalue weighted by Crippen LogP contribution is -2.24. The molecule has 0 aliphatic carbocycles. The lowest BCUT2D eigenvalue weighted by atomic mass is 9.95. The van der Waals surface area contributed by atoms with Gasteiger partial charge >= 0.3 is 0 Å². The third kappa shape index (κ3) is 4.06. The first-order valence-corrected chi connectivity index (χ1v) is 5.61. The molecular formula is C13H19F2NO. The van der Waals surface area contributed by atoms with Gasteiger partial charge in [0.25, 0.3) is 0 Å². The monoisotopic (exact) mass is 243 g/mol. The van der Waals surface area contributed by atoms with Crippen molar-refractivity contribution in [2.24, 2.45) is 5.73 Å². The van der Waals surface area contributed by atoms with Crippen LogP contribution >= 0.6 is 0 Å². The highest BCUT2D eigenvalue weighted by Crippen LogP contribution is 2.23. The van der Waals surface area contributed by atoms with E-state index in [1.807, 2.05) is 13.8 Å². The topological polar surface area (TPSA) is 35.2 Å². The first-order valence-electron chi connectivity index (χ1n) is 5.61. The molecule has 0 radical (unpaired) electrons. The number of ether oxygens (including phenoxy) is 1. The Morgan fingerprint density at radius 1 is 1.29 bits per heavy atom. The van der Waals surface area contributed by atoms with Crippen LogP contribution < -0.4 is 5.73 Å². The Balaban J connectivity index is 2.64. The molecule has 0 heterocycles. The van der Waals surface area contributed by atoms with Crippen LogP contribution in [0.5, 0.6) is 0 Å². The van der Waals surface area contributed by atoms with Crippen LogP contribution in [0.1, 0.15) is 38.3 Å². The number of methoxy groups -OCH3 is 1. The van der Waals surface area contributed by atoms with Gasteiger partial charge in [-0.05, 0) is 44.4 Å². The standard InChI is InChI=1S/C13H19F2NO/c1-13(2,17-3)7-6-12(16)9-4-5-10(14)11(15)8-9/h4-5,8,12H,6-7,16H2,1-3H3. The normalized spacial score (nSPS) is 13.8. The molecule has 0 bridgehead atoms. The molecule has 17 heavy (non-hydrogen) atoms. The van der Waals surface area contributed by atoms with E-state index in [2.05, 4.69) is 0 Å². The average molecular weight is 243 g/mol. The van der Waals surface area contributed by atoms with Crippen LogP contribution in [0.25, 0.3) is 0 Å². The Bertz CT molecular complexity index is 380. The van der Waals surface area contributed by atoms with Gasteiger partial charge in [0.2, 0.25) is 0 Å². The van der Waals surface area contributed by atoms with E-state index in [0.717, 1.165) is 18.6 Å². The minimum Gasteiger partial charge on any atom is -0.379 e. The van der Waals surface area contributed by atoms with E-state index < -0.39 is 11.6 Å². The molecule has 2 N–H and O–H groups in total. The van der Waals surface area contributed by atoms with Crippen molar-refractivity contribution in [2.45, 2.75) is 38.3 Å². The predicted molar refractivity (Wildman–Crippen MR) is 63.6 cm³/mol. The van der Waals surface area contributed by atoms with E-state index in [9.17, 15) is 8.78 Å². The van der Waals surface area contributed by atoms with Gasteiger partial charge in [-0.25, -0.2) is 8.78 Å². The maximum absolute atomic E-state index is 13.0. The van der Waals surface area contributed by atoms with Crippen molar-refractivity contribution in [2.75, 3.05) is 7.11 Å². The predicted octanol–water partition coefficient (Wildman–Crippen LogP) is 3.17. The molecule has 1 aromatic rings. The van der Waals surface area contributed by atoms with Crippen molar-refractivity contribution in [3.8, 4) is 0 Å². The quantitative estimate of drug-likeness (QED) is 0.862. The second-order valence-electron chi connectivity index (χ2n) is 4.78. The Morgan fingerprint density at radius 2 is 1.94 bits per heavy atom. The van der Waals surface area contributed by atoms with Crippen molar-refractivity contribution in [3.05, 3.63) is 35.4 Å². The van der Waals surface area contributed by atoms with Gasteiger partial charge in [-0.2, -0.15) is 0 Å². The fraction of sp³-hybridized carbons (Fsp3) is 0.538. The van der Waals surface area contributed by atoms with E-state index in [0.29, 0.717) is 12.0 Å². The van der Waals surface area contributed by atoms with E-state index in [-0.39, 0.29) is 11.6 Å². The Kier molecular flexibility index (Phi) is 4.60. The summed E-state index contributed by atoms with van der Waals surface area (Å²) in [5.74, 6) is -1.71. The van der Waals surface area contributed by atoms with Crippen LogP contribution in [-0.2, 0) is 4.74 Å². The minimum absolute atomic E-state index is 0.254. The molecule has 4 heteroatoms. The lowest BCUT2D eigenvalue weighted by Gasteiger charge is -2.24. The molecule has 0 saturated heterocycles. The lowest BCUT2D eigenvalue weighted by molar-refractivity contribution is 0.0125. The maximum Gasteiger partial charge on any atom is 0.159 e. The van der Waals surface area contributed by atoms with Gasteiger partial charge in [-0.3, -0.25) is 0 Å². The molecule has 2 nitrogen and oxygen atoms in total. The Labute approximate surface area is 101 Å². The molecular weight excluding hydrogens is 224 g/mol. The number of halogens is 2. The van der Waals surface area contributed by atoms with Crippen molar-refractivity contribution in [1.82, 2.24) is 0 Å². The fourth-order valence-electron chi connectivity index (χ4n) is 1.51. The molecule has 1 aromatic carbocycles. The summed E-state index contributed by atoms with van der Waals surface area (Å²) in [6, 6.07) is 3.47. The highest BCUT2D eigenvalue weighted by atomic mass is 19.2. The van der Waals surface area contributed by atoms with E-state index in [1.54, 1.807) is 7.11 Å². The third-order valence-electron chi connectivity index (χ3n) is 2.98. The maximum atomic E-state index is 13.0. The highest BCUT2D eigenvalue weighted by Gasteiger charge is 2.18. The molecule has 0 saturated carbocycles. The van der Waals surface area contributed by atoms with Gasteiger partial charge in [-0.15, -0.1) is 0 Å². The SMILES string of the molecule is COC(C)(C)CCC(N)c1ccc(F)c(F)c1. The van der Waals surface area contributed by atoms with Crippen LogP contribution in [0.3, 0.4) is 0 Å². The zero-order chi connectivity index (χ0) is 13.1. The van der Waals surface area contributed by atoms with Crippen molar-refractivity contribution in [3.63, 3.8) is 0 Å². The number of benzene rings is 1. The number of hydrogen-bond acceptors (Lipinski definition) is 2. The van der Waals surface area contributed by atoms with Gasteiger partial charge in [0.05, 0.1) is 5.60 Å². The second-order valence-corrected chi connectivity index (χ2v) is 4.78. The van der Waals surface area contributed by atoms with E-state index >= 15 is 0 Å². The van der Waals surface area contributed by atoms with E-state index in [1.165, 1.54) is 6.07 Å². The summed E-state index contributed by atoms with van der Waals surface area (Å²) in [6.07, 6.45) is 1.41. The zero-order valence-corrected chi connectivity index (χ0v) is 10.5. The van der Waals surface area contributed by atoms with Gasteiger partial charge in [0.15, 0.2) is 11.6 Å². The fourth-order valence-corrected chi connectivity index (χ4v) is 1.51. The van der Waals surface area contributed by atoms with E-state index in [4.69, 9.17) is 10.5 Å². The highest BCUT2D eigenvalue weighted by molar-refractivity contribution is 5.20. The molecule has 96 valence electrons. The summed E-state index contributed by atoms with van der Waals surface area (Å²) >= 11 is 0. The average Bonchev–Trinajstić information content (AvgIpc) is 2.30. The molecule has 1 rings (SSSR count).